The number of hydrogen-bond acceptors (Lipinski definition) is 5. The number of nitrogens with two attached hydrogens (primary N) is 1. The summed E-state index contributed by atoms with van der Waals surface area (Å²) < 4.78 is 26.9. The summed E-state index contributed by atoms with van der Waals surface area (Å²) in [6.45, 7) is 2.47. The molecule has 0 radical (unpaired) electrons. The summed E-state index contributed by atoms with van der Waals surface area (Å²) in [7, 11) is -3.62. The molecule has 0 spiro atoms. The highest BCUT2D eigenvalue weighted by molar-refractivity contribution is 7.89. The first-order valence-corrected chi connectivity index (χ1v) is 8.14. The minimum atomic E-state index is -3.62. The maximum atomic E-state index is 12.2. The van der Waals surface area contributed by atoms with Gasteiger partial charge in [-0.2, -0.15) is 0 Å². The molecule has 1 aromatic rings. The standard InChI is InChI=1S/C13H19N3O4S/c1-2-15-21(19,20)11-6-4-3-5-10(11)16-8-7-13(14,9-16)12(17)18/h3-6,15H,2,7-9,14H2,1H3,(H,17,18). The largest absolute Gasteiger partial charge is 0.480 e. The molecule has 21 heavy (non-hydrogen) atoms. The van der Waals surface area contributed by atoms with Crippen LogP contribution < -0.4 is 15.4 Å². The number of nitrogens with zero attached hydrogens (tertiary/aromatic N) is 1. The van der Waals surface area contributed by atoms with Gasteiger partial charge in [0.25, 0.3) is 0 Å². The van der Waals surface area contributed by atoms with Crippen LogP contribution in [0.4, 0.5) is 5.69 Å². The van der Waals surface area contributed by atoms with Gasteiger partial charge in [-0.05, 0) is 18.6 Å². The lowest BCUT2D eigenvalue weighted by Gasteiger charge is -2.23. The van der Waals surface area contributed by atoms with E-state index in [0.717, 1.165) is 0 Å². The predicted octanol–water partition coefficient (Wildman–Crippen LogP) is -0.0230. The van der Waals surface area contributed by atoms with Gasteiger partial charge >= 0.3 is 5.97 Å². The zero-order chi connectivity index (χ0) is 15.7. The molecule has 0 saturated carbocycles. The van der Waals surface area contributed by atoms with Crippen molar-refractivity contribution in [1.82, 2.24) is 4.72 Å². The number of carboxylic acid groups (broad SMARTS) is 1. The van der Waals surface area contributed by atoms with Gasteiger partial charge in [-0.15, -0.1) is 0 Å². The van der Waals surface area contributed by atoms with E-state index in [-0.39, 0.29) is 24.4 Å². The summed E-state index contributed by atoms with van der Waals surface area (Å²) in [6.07, 6.45) is 0.276. The van der Waals surface area contributed by atoms with Gasteiger partial charge in [0.1, 0.15) is 10.4 Å². The Balaban J connectivity index is 2.37. The van der Waals surface area contributed by atoms with E-state index in [1.54, 1.807) is 30.0 Å². The van der Waals surface area contributed by atoms with Crippen molar-refractivity contribution in [3.63, 3.8) is 0 Å². The number of benzene rings is 1. The van der Waals surface area contributed by atoms with Crippen molar-refractivity contribution < 1.29 is 18.3 Å². The lowest BCUT2D eigenvalue weighted by molar-refractivity contribution is -0.142. The lowest BCUT2D eigenvalue weighted by Crippen LogP contribution is -2.50. The molecule has 0 amide bonds. The monoisotopic (exact) mass is 313 g/mol. The van der Waals surface area contributed by atoms with Crippen LogP contribution in [0.15, 0.2) is 29.2 Å². The van der Waals surface area contributed by atoms with Crippen LogP contribution in [0.1, 0.15) is 13.3 Å². The number of nitrogens with one attached hydrogen (secondary N) is 1. The summed E-state index contributed by atoms with van der Waals surface area (Å²) >= 11 is 0. The summed E-state index contributed by atoms with van der Waals surface area (Å²) in [4.78, 5) is 13.0. The maximum Gasteiger partial charge on any atom is 0.325 e. The Morgan fingerprint density at radius 2 is 2.14 bits per heavy atom. The van der Waals surface area contributed by atoms with E-state index in [1.807, 2.05) is 0 Å². The molecule has 0 aromatic heterocycles. The van der Waals surface area contributed by atoms with Crippen LogP contribution >= 0.6 is 0 Å². The zero-order valence-electron chi connectivity index (χ0n) is 11.7. The first-order valence-electron chi connectivity index (χ1n) is 6.66. The number of carbonyl (C=O) groups is 1. The molecule has 1 saturated heterocycles. The van der Waals surface area contributed by atoms with Crippen LogP contribution in [-0.4, -0.2) is 44.7 Å². The average molecular weight is 313 g/mol. The van der Waals surface area contributed by atoms with Gasteiger partial charge in [-0.25, -0.2) is 13.1 Å². The summed E-state index contributed by atoms with van der Waals surface area (Å²) in [5.74, 6) is -1.07. The van der Waals surface area contributed by atoms with Crippen molar-refractivity contribution in [3.8, 4) is 0 Å². The summed E-state index contributed by atoms with van der Waals surface area (Å²) in [5.41, 5.74) is 4.98. The Kier molecular flexibility index (Phi) is 4.22. The zero-order valence-corrected chi connectivity index (χ0v) is 12.6. The molecular formula is C13H19N3O4S. The molecule has 1 heterocycles. The van der Waals surface area contributed by atoms with Crippen LogP contribution in [0.3, 0.4) is 0 Å². The van der Waals surface area contributed by atoms with Gasteiger partial charge in [0, 0.05) is 19.6 Å². The normalized spacial score (nSPS) is 22.5. The van der Waals surface area contributed by atoms with Gasteiger partial charge in [0.05, 0.1) is 5.69 Å². The Morgan fingerprint density at radius 3 is 2.71 bits per heavy atom. The van der Waals surface area contributed by atoms with Crippen molar-refractivity contribution in [3.05, 3.63) is 24.3 Å². The first-order chi connectivity index (χ1) is 9.80. The van der Waals surface area contributed by atoms with Crippen LogP contribution in [0.2, 0.25) is 0 Å². The molecule has 1 aromatic carbocycles. The van der Waals surface area contributed by atoms with Crippen LogP contribution in [0.25, 0.3) is 0 Å². The molecule has 4 N–H and O–H groups in total. The molecule has 1 unspecified atom stereocenters. The molecule has 1 aliphatic heterocycles. The van der Waals surface area contributed by atoms with Gasteiger partial charge < -0.3 is 15.7 Å². The van der Waals surface area contributed by atoms with Crippen molar-refractivity contribution >= 4 is 21.7 Å². The molecule has 116 valence electrons. The topological polar surface area (TPSA) is 113 Å². The minimum absolute atomic E-state index is 0.0843. The van der Waals surface area contributed by atoms with Crippen molar-refractivity contribution in [2.24, 2.45) is 5.73 Å². The molecule has 8 heteroatoms. The third kappa shape index (κ3) is 3.02. The molecule has 7 nitrogen and oxygen atoms in total. The SMILES string of the molecule is CCNS(=O)(=O)c1ccccc1N1CCC(N)(C(=O)O)C1. The van der Waals surface area contributed by atoms with E-state index in [1.165, 1.54) is 6.07 Å². The fraction of sp³-hybridized carbons (Fsp3) is 0.462. The van der Waals surface area contributed by atoms with E-state index < -0.39 is 21.5 Å². The number of hydrogen-bond donors (Lipinski definition) is 3. The average Bonchev–Trinajstić information content (AvgIpc) is 2.83. The molecule has 0 bridgehead atoms. The fourth-order valence-electron chi connectivity index (χ4n) is 2.43. The second kappa shape index (κ2) is 5.63. The van der Waals surface area contributed by atoms with E-state index in [9.17, 15) is 13.2 Å². The molecule has 1 fully saturated rings. The highest BCUT2D eigenvalue weighted by atomic mass is 32.2. The van der Waals surface area contributed by atoms with E-state index in [4.69, 9.17) is 10.8 Å². The lowest BCUT2D eigenvalue weighted by atomic mass is 10.0. The Morgan fingerprint density at radius 1 is 1.48 bits per heavy atom. The molecule has 2 rings (SSSR count). The smallest absolute Gasteiger partial charge is 0.325 e. The highest BCUT2D eigenvalue weighted by Crippen LogP contribution is 2.30. The van der Waals surface area contributed by atoms with Crippen molar-refractivity contribution in [1.29, 1.82) is 0 Å². The van der Waals surface area contributed by atoms with Crippen LogP contribution in [-0.2, 0) is 14.8 Å². The number of anilines is 1. The van der Waals surface area contributed by atoms with Gasteiger partial charge in [-0.1, -0.05) is 19.1 Å². The second-order valence-electron chi connectivity index (χ2n) is 5.10. The number of rotatable bonds is 5. The molecule has 0 aliphatic carbocycles. The molecular weight excluding hydrogens is 294 g/mol. The van der Waals surface area contributed by atoms with E-state index in [2.05, 4.69) is 4.72 Å². The van der Waals surface area contributed by atoms with Crippen molar-refractivity contribution in [2.45, 2.75) is 23.8 Å². The Labute approximate surface area is 123 Å². The number of para-hydroxylation sites is 1. The van der Waals surface area contributed by atoms with Crippen molar-refractivity contribution in [2.75, 3.05) is 24.5 Å². The third-order valence-corrected chi connectivity index (χ3v) is 5.15. The highest BCUT2D eigenvalue weighted by Gasteiger charge is 2.42. The fourth-order valence-corrected chi connectivity index (χ4v) is 3.69. The van der Waals surface area contributed by atoms with Gasteiger partial charge in [0.15, 0.2) is 0 Å². The van der Waals surface area contributed by atoms with Crippen LogP contribution in [0.5, 0.6) is 0 Å². The maximum absolute atomic E-state index is 12.2. The Bertz CT molecular complexity index is 647. The number of carboxylic acids is 1. The number of sulfonamides is 1. The minimum Gasteiger partial charge on any atom is -0.480 e. The van der Waals surface area contributed by atoms with E-state index >= 15 is 0 Å². The van der Waals surface area contributed by atoms with E-state index in [0.29, 0.717) is 12.2 Å². The third-order valence-electron chi connectivity index (χ3n) is 3.56. The van der Waals surface area contributed by atoms with Gasteiger partial charge in [-0.3, -0.25) is 4.79 Å². The summed E-state index contributed by atoms with van der Waals surface area (Å²) in [5, 5.41) is 9.17. The quantitative estimate of drug-likeness (QED) is 0.704. The first kappa shape index (κ1) is 15.7. The summed E-state index contributed by atoms with van der Waals surface area (Å²) in [6, 6.07) is 6.52. The predicted molar refractivity (Wildman–Crippen MR) is 78.7 cm³/mol. The Hall–Kier alpha value is -1.64. The van der Waals surface area contributed by atoms with Crippen LogP contribution in [0, 0.1) is 0 Å². The number of aliphatic carboxylic acids is 1. The molecule has 1 atom stereocenters. The molecule has 1 aliphatic rings. The van der Waals surface area contributed by atoms with Gasteiger partial charge in [0.2, 0.25) is 10.0 Å². The second-order valence-corrected chi connectivity index (χ2v) is 6.84.